The number of amides is 3. The van der Waals surface area contributed by atoms with Gasteiger partial charge in [0.25, 0.3) is 17.7 Å². The zero-order valence-corrected chi connectivity index (χ0v) is 22.0. The van der Waals surface area contributed by atoms with Crippen molar-refractivity contribution >= 4 is 63.7 Å². The molecule has 0 aromatic heterocycles. The number of benzene rings is 3. The van der Waals surface area contributed by atoms with Gasteiger partial charge in [0.1, 0.15) is 16.5 Å². The molecule has 3 aromatic rings. The molecule has 3 amide bonds. The van der Waals surface area contributed by atoms with E-state index < -0.39 is 11.8 Å². The van der Waals surface area contributed by atoms with E-state index in [4.69, 9.17) is 27.9 Å². The van der Waals surface area contributed by atoms with Crippen molar-refractivity contribution in [1.29, 1.82) is 0 Å². The highest BCUT2D eigenvalue weighted by atomic mass is 35.5. The van der Waals surface area contributed by atoms with Crippen LogP contribution in [-0.4, -0.2) is 37.9 Å². The number of methoxy groups -OCH3 is 1. The molecule has 0 radical (unpaired) electrons. The quantitative estimate of drug-likeness (QED) is 0.370. The molecule has 5 rings (SSSR count). The Morgan fingerprint density at radius 2 is 1.53 bits per heavy atom. The third-order valence-corrected chi connectivity index (χ3v) is 7.01. The summed E-state index contributed by atoms with van der Waals surface area (Å²) in [4.78, 5) is 41.9. The van der Waals surface area contributed by atoms with Gasteiger partial charge in [-0.3, -0.25) is 14.4 Å². The molecule has 38 heavy (non-hydrogen) atoms. The minimum atomic E-state index is -0.702. The summed E-state index contributed by atoms with van der Waals surface area (Å²) in [5.74, 6) is -1.33. The lowest BCUT2D eigenvalue weighted by molar-refractivity contribution is -0.120. The van der Waals surface area contributed by atoms with Crippen molar-refractivity contribution in [3.05, 3.63) is 88.0 Å². The number of hydrogen-bond acceptors (Lipinski definition) is 6. The Hall–Kier alpha value is -4.01. The number of rotatable bonds is 7. The maximum Gasteiger partial charge on any atom is 0.283 e. The van der Waals surface area contributed by atoms with Gasteiger partial charge in [-0.2, -0.15) is 0 Å². The second kappa shape index (κ2) is 10.8. The van der Waals surface area contributed by atoms with Crippen LogP contribution in [0.15, 0.2) is 77.5 Å². The number of anilines is 4. The first-order valence-electron chi connectivity index (χ1n) is 12.0. The Morgan fingerprint density at radius 1 is 0.868 bits per heavy atom. The van der Waals surface area contributed by atoms with Crippen LogP contribution in [0.25, 0.3) is 0 Å². The molecule has 2 N–H and O–H groups in total. The maximum absolute atomic E-state index is 13.1. The average Bonchev–Trinajstić information content (AvgIpc) is 3.53. The monoisotopic (exact) mass is 550 g/mol. The Bertz CT molecular complexity index is 1430. The summed E-state index contributed by atoms with van der Waals surface area (Å²) in [6.45, 7) is 2.11. The molecule has 3 aromatic carbocycles. The molecule has 0 unspecified atom stereocenters. The van der Waals surface area contributed by atoms with Gasteiger partial charge in [0, 0.05) is 40.7 Å². The van der Waals surface area contributed by atoms with Crippen LogP contribution >= 0.6 is 23.2 Å². The van der Waals surface area contributed by atoms with Crippen LogP contribution in [0.4, 0.5) is 22.7 Å². The van der Waals surface area contributed by atoms with Crippen LogP contribution in [-0.2, 0) is 9.59 Å². The number of carbonyl (C=O) groups excluding carboxylic acids is 3. The van der Waals surface area contributed by atoms with Gasteiger partial charge in [-0.15, -0.1) is 0 Å². The van der Waals surface area contributed by atoms with Crippen LogP contribution in [0.1, 0.15) is 23.2 Å². The predicted molar refractivity (Wildman–Crippen MR) is 149 cm³/mol. The fraction of sp³-hybridized carbons (Fsp3) is 0.179. The molecular formula is C28H24Cl2N4O4. The van der Waals surface area contributed by atoms with Crippen LogP contribution < -0.4 is 25.2 Å². The van der Waals surface area contributed by atoms with Gasteiger partial charge in [0.15, 0.2) is 0 Å². The molecule has 1 saturated heterocycles. The first-order chi connectivity index (χ1) is 18.4. The number of nitrogens with one attached hydrogen (secondary N) is 2. The van der Waals surface area contributed by atoms with Crippen LogP contribution in [0.5, 0.6) is 5.75 Å². The average molecular weight is 551 g/mol. The summed E-state index contributed by atoms with van der Waals surface area (Å²) in [7, 11) is 1.42. The third kappa shape index (κ3) is 5.05. The van der Waals surface area contributed by atoms with Crippen molar-refractivity contribution in [3.8, 4) is 5.75 Å². The second-order valence-corrected chi connectivity index (χ2v) is 9.66. The first-order valence-corrected chi connectivity index (χ1v) is 12.8. The lowest BCUT2D eigenvalue weighted by Crippen LogP contribution is -2.32. The van der Waals surface area contributed by atoms with E-state index in [1.54, 1.807) is 36.4 Å². The molecule has 194 valence electrons. The van der Waals surface area contributed by atoms with E-state index in [9.17, 15) is 14.4 Å². The summed E-state index contributed by atoms with van der Waals surface area (Å²) in [6.07, 6.45) is 2.40. The fourth-order valence-corrected chi connectivity index (χ4v) is 4.83. The van der Waals surface area contributed by atoms with Crippen molar-refractivity contribution in [2.45, 2.75) is 12.8 Å². The van der Waals surface area contributed by atoms with Crippen molar-refractivity contribution in [2.75, 3.05) is 40.6 Å². The number of carbonyl (C=O) groups is 3. The summed E-state index contributed by atoms with van der Waals surface area (Å²) in [6, 6.07) is 18.9. The van der Waals surface area contributed by atoms with E-state index in [0.717, 1.165) is 23.7 Å². The summed E-state index contributed by atoms with van der Waals surface area (Å²) >= 11 is 12.3. The minimum absolute atomic E-state index is 0.0889. The van der Waals surface area contributed by atoms with Gasteiger partial charge < -0.3 is 20.3 Å². The highest BCUT2D eigenvalue weighted by Gasteiger charge is 2.40. The minimum Gasteiger partial charge on any atom is -0.495 e. The van der Waals surface area contributed by atoms with E-state index >= 15 is 0 Å². The van der Waals surface area contributed by atoms with E-state index in [-0.39, 0.29) is 22.3 Å². The Kier molecular flexibility index (Phi) is 7.26. The molecule has 0 bridgehead atoms. The topological polar surface area (TPSA) is 91.0 Å². The molecule has 2 aliphatic rings. The highest BCUT2D eigenvalue weighted by Crippen LogP contribution is 2.37. The van der Waals surface area contributed by atoms with Gasteiger partial charge >= 0.3 is 0 Å². The maximum atomic E-state index is 13.1. The fourth-order valence-electron chi connectivity index (χ4n) is 4.45. The summed E-state index contributed by atoms with van der Waals surface area (Å²) < 4.78 is 5.28. The lowest BCUT2D eigenvalue weighted by Gasteiger charge is -2.18. The van der Waals surface area contributed by atoms with Crippen molar-refractivity contribution in [2.24, 2.45) is 0 Å². The predicted octanol–water partition coefficient (Wildman–Crippen LogP) is 5.64. The lowest BCUT2D eigenvalue weighted by atomic mass is 10.1. The summed E-state index contributed by atoms with van der Waals surface area (Å²) in [5.41, 5.74) is 2.85. The highest BCUT2D eigenvalue weighted by molar-refractivity contribution is 6.53. The smallest absolute Gasteiger partial charge is 0.283 e. The van der Waals surface area contributed by atoms with E-state index in [1.165, 1.54) is 26.0 Å². The molecule has 0 atom stereocenters. The first kappa shape index (κ1) is 25.6. The van der Waals surface area contributed by atoms with Gasteiger partial charge in [-0.1, -0.05) is 23.2 Å². The molecule has 2 aliphatic heterocycles. The van der Waals surface area contributed by atoms with E-state index in [2.05, 4.69) is 15.5 Å². The van der Waals surface area contributed by atoms with Gasteiger partial charge in [0.2, 0.25) is 0 Å². The Labute approximate surface area is 229 Å². The molecule has 1 fully saturated rings. The second-order valence-electron chi connectivity index (χ2n) is 8.85. The van der Waals surface area contributed by atoms with Gasteiger partial charge in [0.05, 0.1) is 12.8 Å². The zero-order valence-electron chi connectivity index (χ0n) is 20.5. The number of nitrogens with zero attached hydrogens (tertiary/aromatic N) is 2. The Balaban J connectivity index is 1.26. The van der Waals surface area contributed by atoms with Crippen molar-refractivity contribution in [1.82, 2.24) is 0 Å². The normalized spacial score (nSPS) is 15.3. The number of imide groups is 1. The van der Waals surface area contributed by atoms with Crippen LogP contribution in [0.3, 0.4) is 0 Å². The van der Waals surface area contributed by atoms with Crippen molar-refractivity contribution in [3.63, 3.8) is 0 Å². The standard InChI is InChI=1S/C28H24Cl2N4O4/c1-38-23-13-6-18(29)16-22(23)34-27(36)24(30)25(28(34)37)31-19-7-4-17(5-8-19)26(35)32-20-9-11-21(12-10-20)33-14-2-3-15-33/h4-13,16,31H,2-3,14-15H2,1H3,(H,32,35). The van der Waals surface area contributed by atoms with Crippen LogP contribution in [0, 0.1) is 0 Å². The van der Waals surface area contributed by atoms with Crippen LogP contribution in [0.2, 0.25) is 5.02 Å². The number of ether oxygens (including phenoxy) is 1. The molecule has 2 heterocycles. The largest absolute Gasteiger partial charge is 0.495 e. The Morgan fingerprint density at radius 3 is 2.18 bits per heavy atom. The molecule has 0 spiro atoms. The van der Waals surface area contributed by atoms with Gasteiger partial charge in [-0.25, -0.2) is 4.90 Å². The van der Waals surface area contributed by atoms with Gasteiger partial charge in [-0.05, 0) is 79.6 Å². The number of halogens is 2. The molecule has 0 aliphatic carbocycles. The molecule has 0 saturated carbocycles. The third-order valence-electron chi connectivity index (χ3n) is 6.42. The SMILES string of the molecule is COc1ccc(Cl)cc1N1C(=O)C(Cl)=C(Nc2ccc(C(=O)Nc3ccc(N4CCCC4)cc3)cc2)C1=O. The van der Waals surface area contributed by atoms with E-state index in [0.29, 0.717) is 27.7 Å². The summed E-state index contributed by atoms with van der Waals surface area (Å²) in [5, 5.41) is 5.85. The molecule has 10 heteroatoms. The molecule has 8 nitrogen and oxygen atoms in total. The zero-order chi connectivity index (χ0) is 26.8. The van der Waals surface area contributed by atoms with Crippen molar-refractivity contribution < 1.29 is 19.1 Å². The van der Waals surface area contributed by atoms with E-state index in [1.807, 2.05) is 24.3 Å². The number of hydrogen-bond donors (Lipinski definition) is 2. The molecular weight excluding hydrogens is 527 g/mol.